The Morgan fingerprint density at radius 2 is 1.81 bits per heavy atom. The lowest BCUT2D eigenvalue weighted by Gasteiger charge is -2.03. The van der Waals surface area contributed by atoms with E-state index >= 15 is 0 Å². The van der Waals surface area contributed by atoms with E-state index in [2.05, 4.69) is 9.97 Å². The first-order valence-electron chi connectivity index (χ1n) is 6.47. The molecule has 106 valence electrons. The van der Waals surface area contributed by atoms with Gasteiger partial charge in [0.2, 0.25) is 5.78 Å². The van der Waals surface area contributed by atoms with Crippen LogP contribution in [0.2, 0.25) is 0 Å². The zero-order valence-electron chi connectivity index (χ0n) is 11.2. The van der Waals surface area contributed by atoms with Gasteiger partial charge in [0.15, 0.2) is 0 Å². The first kappa shape index (κ1) is 13.5. The Labute approximate surface area is 123 Å². The topological polar surface area (TPSA) is 82.8 Å². The summed E-state index contributed by atoms with van der Waals surface area (Å²) in [4.78, 5) is 40.8. The summed E-state index contributed by atoms with van der Waals surface area (Å²) in [5.41, 5.74) is 1.02. The van der Waals surface area contributed by atoms with Gasteiger partial charge in [0.25, 0.3) is 0 Å². The van der Waals surface area contributed by atoms with Gasteiger partial charge in [-0.25, -0.2) is 0 Å². The number of ketones is 1. The van der Waals surface area contributed by atoms with Crippen LogP contribution < -0.4 is 11.1 Å². The van der Waals surface area contributed by atoms with Crippen LogP contribution in [0.15, 0.2) is 39.2 Å². The van der Waals surface area contributed by atoms with Crippen molar-refractivity contribution in [3.63, 3.8) is 0 Å². The lowest BCUT2D eigenvalue weighted by atomic mass is 10.1. The number of thiophene rings is 1. The van der Waals surface area contributed by atoms with Gasteiger partial charge in [-0.15, -0.1) is 11.3 Å². The Balaban J connectivity index is 2.13. The van der Waals surface area contributed by atoms with Crippen LogP contribution in [-0.4, -0.2) is 15.8 Å². The number of aromatic amines is 2. The number of carbonyl (C=O) groups excluding carboxylic acids is 1. The van der Waals surface area contributed by atoms with Crippen molar-refractivity contribution in [3.05, 3.63) is 66.4 Å². The van der Waals surface area contributed by atoms with Gasteiger partial charge in [0, 0.05) is 5.56 Å². The summed E-state index contributed by atoms with van der Waals surface area (Å²) in [6.07, 6.45) is 0.794. The molecule has 0 unspecified atom stereocenters. The van der Waals surface area contributed by atoms with Crippen LogP contribution >= 0.6 is 11.3 Å². The molecule has 2 aromatic heterocycles. The van der Waals surface area contributed by atoms with Gasteiger partial charge in [0.1, 0.15) is 0 Å². The molecule has 0 atom stereocenters. The molecule has 0 bridgehead atoms. The maximum absolute atomic E-state index is 12.5. The van der Waals surface area contributed by atoms with E-state index < -0.39 is 11.1 Å². The molecule has 6 heteroatoms. The highest BCUT2D eigenvalue weighted by Crippen LogP contribution is 2.22. The number of hydrogen-bond acceptors (Lipinski definition) is 4. The minimum Gasteiger partial charge on any atom is -0.316 e. The third-order valence-electron chi connectivity index (χ3n) is 3.32. The molecule has 2 N–H and O–H groups in total. The third-order valence-corrected chi connectivity index (χ3v) is 4.27. The molecule has 3 rings (SSSR count). The van der Waals surface area contributed by atoms with Crippen LogP contribution in [-0.2, 0) is 6.42 Å². The van der Waals surface area contributed by atoms with Crippen LogP contribution in [0.4, 0.5) is 0 Å². The Morgan fingerprint density at radius 3 is 2.52 bits per heavy atom. The van der Waals surface area contributed by atoms with E-state index in [1.807, 2.05) is 18.4 Å². The van der Waals surface area contributed by atoms with Gasteiger partial charge in [-0.05, 0) is 41.6 Å². The van der Waals surface area contributed by atoms with Gasteiger partial charge >= 0.3 is 11.1 Å². The molecule has 2 heterocycles. The largest absolute Gasteiger partial charge is 0.316 e. The molecule has 0 amide bonds. The highest BCUT2D eigenvalue weighted by atomic mass is 32.1. The molecule has 5 nitrogen and oxygen atoms in total. The van der Waals surface area contributed by atoms with Crippen molar-refractivity contribution < 1.29 is 4.79 Å². The van der Waals surface area contributed by atoms with Gasteiger partial charge in [-0.2, -0.15) is 0 Å². The number of benzene rings is 1. The van der Waals surface area contributed by atoms with Gasteiger partial charge in [0.05, 0.1) is 15.9 Å². The molecule has 0 spiro atoms. The summed E-state index contributed by atoms with van der Waals surface area (Å²) in [5.74, 6) is -0.0733. The van der Waals surface area contributed by atoms with E-state index in [-0.39, 0.29) is 5.78 Å². The summed E-state index contributed by atoms with van der Waals surface area (Å²) in [6.45, 7) is 2.00. The fourth-order valence-electron chi connectivity index (χ4n) is 2.20. The second-order valence-corrected chi connectivity index (χ2v) is 5.54. The molecule has 1 aromatic carbocycles. The van der Waals surface area contributed by atoms with Crippen molar-refractivity contribution in [1.82, 2.24) is 9.97 Å². The van der Waals surface area contributed by atoms with E-state index in [1.54, 1.807) is 18.2 Å². The van der Waals surface area contributed by atoms with Crippen LogP contribution in [0.3, 0.4) is 0 Å². The third kappa shape index (κ3) is 2.34. The smallest absolute Gasteiger partial charge is 0.314 e. The molecule has 0 saturated heterocycles. The number of aryl methyl sites for hydroxylation is 1. The van der Waals surface area contributed by atoms with E-state index in [9.17, 15) is 14.4 Å². The van der Waals surface area contributed by atoms with Crippen molar-refractivity contribution >= 4 is 28.2 Å². The Morgan fingerprint density at radius 1 is 1.10 bits per heavy atom. The van der Waals surface area contributed by atoms with Crippen molar-refractivity contribution in [2.45, 2.75) is 13.3 Å². The average molecular weight is 300 g/mol. The van der Waals surface area contributed by atoms with Gasteiger partial charge in [-0.3, -0.25) is 14.4 Å². The van der Waals surface area contributed by atoms with E-state index in [0.29, 0.717) is 21.5 Å². The fourth-order valence-corrected chi connectivity index (χ4v) is 3.16. The molecule has 0 saturated carbocycles. The van der Waals surface area contributed by atoms with Crippen molar-refractivity contribution in [1.29, 1.82) is 0 Å². The lowest BCUT2D eigenvalue weighted by molar-refractivity contribution is 0.104. The average Bonchev–Trinajstić information content (AvgIpc) is 2.95. The number of carbonyl (C=O) groups is 1. The Bertz CT molecular complexity index is 949. The first-order valence-corrected chi connectivity index (χ1v) is 7.35. The predicted octanol–water partition coefficient (Wildman–Crippen LogP) is 2.07. The number of H-pyrrole nitrogens is 2. The quantitative estimate of drug-likeness (QED) is 0.574. The summed E-state index contributed by atoms with van der Waals surface area (Å²) in [6, 6.07) is 6.81. The van der Waals surface area contributed by atoms with Gasteiger partial charge < -0.3 is 9.97 Å². The molecule has 0 fully saturated rings. The fraction of sp³-hybridized carbons (Fsp3) is 0.133. The molecule has 0 radical (unpaired) electrons. The summed E-state index contributed by atoms with van der Waals surface area (Å²) in [7, 11) is 0. The molecule has 0 aliphatic rings. The minimum absolute atomic E-state index is 0.0733. The van der Waals surface area contributed by atoms with Crippen LogP contribution in [0.5, 0.6) is 0 Å². The Hall–Kier alpha value is -2.47. The zero-order valence-corrected chi connectivity index (χ0v) is 12.0. The normalized spacial score (nSPS) is 10.9. The molecule has 0 aliphatic carbocycles. The predicted molar refractivity (Wildman–Crippen MR) is 82.3 cm³/mol. The van der Waals surface area contributed by atoms with Crippen molar-refractivity contribution in [2.24, 2.45) is 0 Å². The number of rotatable bonds is 3. The van der Waals surface area contributed by atoms with E-state index in [0.717, 1.165) is 12.0 Å². The number of fused-ring (bicyclic) bond motifs is 1. The van der Waals surface area contributed by atoms with Crippen molar-refractivity contribution in [3.8, 4) is 0 Å². The summed E-state index contributed by atoms with van der Waals surface area (Å²) >= 11 is 1.41. The monoisotopic (exact) mass is 300 g/mol. The lowest BCUT2D eigenvalue weighted by Crippen LogP contribution is -2.28. The maximum Gasteiger partial charge on any atom is 0.314 e. The Kier molecular flexibility index (Phi) is 3.31. The standard InChI is InChI=1S/C15H12N2O3S/c1-2-8-5-6-21-13(8)12(18)9-3-4-10-11(7-9)17-15(20)14(19)16-10/h3-7H,2H2,1H3,(H,16,19)(H,17,20). The van der Waals surface area contributed by atoms with Crippen LogP contribution in [0, 0.1) is 0 Å². The van der Waals surface area contributed by atoms with Gasteiger partial charge in [-0.1, -0.05) is 6.92 Å². The molecule has 3 aromatic rings. The second kappa shape index (κ2) is 5.14. The van der Waals surface area contributed by atoms with E-state index in [1.165, 1.54) is 11.3 Å². The minimum atomic E-state index is -0.725. The second-order valence-electron chi connectivity index (χ2n) is 4.63. The van der Waals surface area contributed by atoms with Crippen molar-refractivity contribution in [2.75, 3.05) is 0 Å². The summed E-state index contributed by atoms with van der Waals surface area (Å²) in [5, 5.41) is 1.90. The van der Waals surface area contributed by atoms with Crippen LogP contribution in [0.1, 0.15) is 27.7 Å². The molecular formula is C15H12N2O3S. The van der Waals surface area contributed by atoms with E-state index in [4.69, 9.17) is 0 Å². The zero-order chi connectivity index (χ0) is 15.0. The number of aromatic nitrogens is 2. The maximum atomic E-state index is 12.5. The summed E-state index contributed by atoms with van der Waals surface area (Å²) < 4.78 is 0. The molecule has 21 heavy (non-hydrogen) atoms. The van der Waals surface area contributed by atoms with Crippen LogP contribution in [0.25, 0.3) is 11.0 Å². The molecule has 0 aliphatic heterocycles. The number of hydrogen-bond donors (Lipinski definition) is 2. The highest BCUT2D eigenvalue weighted by molar-refractivity contribution is 7.12. The first-order chi connectivity index (χ1) is 10.1. The number of nitrogens with one attached hydrogen (secondary N) is 2. The highest BCUT2D eigenvalue weighted by Gasteiger charge is 2.15. The molecular weight excluding hydrogens is 288 g/mol. The SMILES string of the molecule is CCc1ccsc1C(=O)c1ccc2[nH]c(=O)c(=O)[nH]c2c1.